The van der Waals surface area contributed by atoms with E-state index < -0.39 is 9.84 Å². The molecule has 1 aliphatic rings. The summed E-state index contributed by atoms with van der Waals surface area (Å²) in [5.74, 6) is 0.162. The zero-order valence-electron chi connectivity index (χ0n) is 12.7. The molecular formula is C13H27N3O3S. The van der Waals surface area contributed by atoms with Gasteiger partial charge >= 0.3 is 0 Å². The summed E-state index contributed by atoms with van der Waals surface area (Å²) in [6.07, 6.45) is 1.13. The van der Waals surface area contributed by atoms with Crippen LogP contribution in [0.25, 0.3) is 0 Å². The Morgan fingerprint density at radius 3 is 2.75 bits per heavy atom. The van der Waals surface area contributed by atoms with Gasteiger partial charge in [0.25, 0.3) is 0 Å². The molecule has 0 bridgehead atoms. The molecule has 0 spiro atoms. The van der Waals surface area contributed by atoms with Gasteiger partial charge in [0.05, 0.1) is 11.5 Å². The van der Waals surface area contributed by atoms with E-state index in [-0.39, 0.29) is 29.9 Å². The molecule has 0 aromatic carbocycles. The first-order chi connectivity index (χ1) is 9.30. The lowest BCUT2D eigenvalue weighted by Crippen LogP contribution is -2.47. The van der Waals surface area contributed by atoms with Crippen LogP contribution < -0.4 is 10.6 Å². The van der Waals surface area contributed by atoms with Crippen molar-refractivity contribution in [3.63, 3.8) is 0 Å². The van der Waals surface area contributed by atoms with Gasteiger partial charge in [-0.2, -0.15) is 0 Å². The minimum atomic E-state index is -2.97. The monoisotopic (exact) mass is 305 g/mol. The summed E-state index contributed by atoms with van der Waals surface area (Å²) >= 11 is 0. The number of rotatable bonds is 7. The smallest absolute Gasteiger partial charge is 0.221 e. The van der Waals surface area contributed by atoms with Crippen molar-refractivity contribution >= 4 is 15.7 Å². The highest BCUT2D eigenvalue weighted by Gasteiger charge is 2.25. The molecule has 1 amide bonds. The van der Waals surface area contributed by atoms with Gasteiger partial charge in [-0.1, -0.05) is 0 Å². The second-order valence-corrected chi connectivity index (χ2v) is 7.98. The Morgan fingerprint density at radius 1 is 1.45 bits per heavy atom. The van der Waals surface area contributed by atoms with Gasteiger partial charge in [0.15, 0.2) is 9.84 Å². The Morgan fingerprint density at radius 2 is 2.15 bits per heavy atom. The third kappa shape index (κ3) is 6.67. The number of nitrogens with zero attached hydrogens (tertiary/aromatic N) is 1. The van der Waals surface area contributed by atoms with Crippen molar-refractivity contribution in [1.82, 2.24) is 15.5 Å². The molecule has 1 rings (SSSR count). The molecule has 1 saturated heterocycles. The molecule has 1 heterocycles. The summed E-state index contributed by atoms with van der Waals surface area (Å²) in [6, 6.07) is 0.259. The normalized spacial score (nSPS) is 22.1. The number of carbonyl (C=O) groups excluding carboxylic acids is 1. The zero-order valence-corrected chi connectivity index (χ0v) is 13.5. The molecule has 6 nitrogen and oxygen atoms in total. The van der Waals surface area contributed by atoms with E-state index in [1.807, 2.05) is 0 Å². The Hall–Kier alpha value is -0.660. The summed E-state index contributed by atoms with van der Waals surface area (Å²) in [5, 5.41) is 5.93. The summed E-state index contributed by atoms with van der Waals surface area (Å²) in [6.45, 7) is 6.28. The van der Waals surface area contributed by atoms with Crippen LogP contribution in [0.3, 0.4) is 0 Å². The Bertz CT molecular complexity index is 409. The molecule has 0 aromatic rings. The predicted octanol–water partition coefficient (Wildman–Crippen LogP) is -0.390. The Kier molecular flexibility index (Phi) is 6.91. The van der Waals surface area contributed by atoms with E-state index in [9.17, 15) is 13.2 Å². The maximum absolute atomic E-state index is 11.7. The predicted molar refractivity (Wildman–Crippen MR) is 80.5 cm³/mol. The minimum Gasteiger partial charge on any atom is -0.356 e. The SMILES string of the molecule is CC(C)N(C)CCCNC(=O)CC1CS(=O)(=O)CCN1. The van der Waals surface area contributed by atoms with Crippen LogP contribution in [0.4, 0.5) is 0 Å². The number of sulfone groups is 1. The van der Waals surface area contributed by atoms with Crippen LogP contribution in [0.1, 0.15) is 26.7 Å². The first-order valence-corrected chi connectivity index (χ1v) is 9.03. The highest BCUT2D eigenvalue weighted by molar-refractivity contribution is 7.91. The van der Waals surface area contributed by atoms with Crippen LogP contribution in [0.15, 0.2) is 0 Å². The van der Waals surface area contributed by atoms with Crippen molar-refractivity contribution < 1.29 is 13.2 Å². The molecule has 1 unspecified atom stereocenters. The number of carbonyl (C=O) groups is 1. The summed E-state index contributed by atoms with van der Waals surface area (Å²) in [5.41, 5.74) is 0. The average Bonchev–Trinajstić information content (AvgIpc) is 2.32. The van der Waals surface area contributed by atoms with Crippen molar-refractivity contribution in [2.24, 2.45) is 0 Å². The molecule has 0 saturated carbocycles. The molecule has 0 radical (unpaired) electrons. The second-order valence-electron chi connectivity index (χ2n) is 5.75. The van der Waals surface area contributed by atoms with Crippen molar-refractivity contribution in [3.05, 3.63) is 0 Å². The molecular weight excluding hydrogens is 278 g/mol. The van der Waals surface area contributed by atoms with Gasteiger partial charge in [-0.05, 0) is 33.9 Å². The lowest BCUT2D eigenvalue weighted by Gasteiger charge is -2.23. The van der Waals surface area contributed by atoms with Gasteiger partial charge in [0.2, 0.25) is 5.91 Å². The molecule has 1 aliphatic heterocycles. The highest BCUT2D eigenvalue weighted by atomic mass is 32.2. The summed E-state index contributed by atoms with van der Waals surface area (Å²) in [7, 11) is -0.914. The van der Waals surface area contributed by atoms with Crippen molar-refractivity contribution in [3.8, 4) is 0 Å². The van der Waals surface area contributed by atoms with Gasteiger partial charge in [0.1, 0.15) is 0 Å². The fraction of sp³-hybridized carbons (Fsp3) is 0.923. The van der Waals surface area contributed by atoms with E-state index >= 15 is 0 Å². The van der Waals surface area contributed by atoms with Gasteiger partial charge in [-0.25, -0.2) is 8.42 Å². The summed E-state index contributed by atoms with van der Waals surface area (Å²) in [4.78, 5) is 14.0. The van der Waals surface area contributed by atoms with Crippen LogP contribution in [-0.2, 0) is 14.6 Å². The third-order valence-electron chi connectivity index (χ3n) is 3.62. The summed E-state index contributed by atoms with van der Waals surface area (Å²) < 4.78 is 22.9. The van der Waals surface area contributed by atoms with Crippen LogP contribution >= 0.6 is 0 Å². The van der Waals surface area contributed by atoms with Crippen LogP contribution in [-0.4, -0.2) is 69.5 Å². The minimum absolute atomic E-state index is 0.0660. The average molecular weight is 305 g/mol. The maximum atomic E-state index is 11.7. The van der Waals surface area contributed by atoms with Crippen molar-refractivity contribution in [1.29, 1.82) is 0 Å². The van der Waals surface area contributed by atoms with Crippen LogP contribution in [0.5, 0.6) is 0 Å². The van der Waals surface area contributed by atoms with E-state index in [0.29, 0.717) is 19.1 Å². The van der Waals surface area contributed by atoms with E-state index in [0.717, 1.165) is 13.0 Å². The van der Waals surface area contributed by atoms with Crippen LogP contribution in [0, 0.1) is 0 Å². The fourth-order valence-electron chi connectivity index (χ4n) is 2.11. The van der Waals surface area contributed by atoms with Gasteiger partial charge in [0, 0.05) is 31.6 Å². The number of hydrogen-bond acceptors (Lipinski definition) is 5. The third-order valence-corrected chi connectivity index (χ3v) is 5.36. The maximum Gasteiger partial charge on any atom is 0.221 e. The molecule has 2 N–H and O–H groups in total. The Labute approximate surface area is 122 Å². The molecule has 0 aliphatic carbocycles. The zero-order chi connectivity index (χ0) is 15.2. The molecule has 1 atom stereocenters. The number of nitrogens with one attached hydrogen (secondary N) is 2. The van der Waals surface area contributed by atoms with E-state index in [4.69, 9.17) is 0 Å². The largest absolute Gasteiger partial charge is 0.356 e. The molecule has 7 heteroatoms. The first kappa shape index (κ1) is 17.4. The molecule has 0 aromatic heterocycles. The molecule has 1 fully saturated rings. The van der Waals surface area contributed by atoms with Gasteiger partial charge in [-0.15, -0.1) is 0 Å². The van der Waals surface area contributed by atoms with E-state index in [1.54, 1.807) is 0 Å². The van der Waals surface area contributed by atoms with Crippen LogP contribution in [0.2, 0.25) is 0 Å². The standard InChI is InChI=1S/C13H27N3O3S/c1-11(2)16(3)7-4-5-15-13(17)9-12-10-20(18,19)8-6-14-12/h11-12,14H,4-10H2,1-3H3,(H,15,17). The molecule has 118 valence electrons. The van der Waals surface area contributed by atoms with Gasteiger partial charge in [-0.3, -0.25) is 4.79 Å². The van der Waals surface area contributed by atoms with Gasteiger partial charge < -0.3 is 15.5 Å². The molecule has 20 heavy (non-hydrogen) atoms. The van der Waals surface area contributed by atoms with Crippen molar-refractivity contribution in [2.45, 2.75) is 38.8 Å². The first-order valence-electron chi connectivity index (χ1n) is 7.21. The fourth-order valence-corrected chi connectivity index (χ4v) is 3.55. The number of hydrogen-bond donors (Lipinski definition) is 2. The lowest BCUT2D eigenvalue weighted by atomic mass is 10.2. The number of amides is 1. The highest BCUT2D eigenvalue weighted by Crippen LogP contribution is 2.04. The quantitative estimate of drug-likeness (QED) is 0.626. The van der Waals surface area contributed by atoms with Crippen molar-refractivity contribution in [2.75, 3.05) is 38.2 Å². The topological polar surface area (TPSA) is 78.5 Å². The second kappa shape index (κ2) is 7.95. The van der Waals surface area contributed by atoms with E-state index in [1.165, 1.54) is 0 Å². The van der Waals surface area contributed by atoms with E-state index in [2.05, 4.69) is 36.4 Å². The lowest BCUT2D eigenvalue weighted by molar-refractivity contribution is -0.121. The Balaban J connectivity index is 2.17.